The largest absolute Gasteiger partial charge is 0.480 e. The molecule has 1 aromatic heterocycles. The number of carboxylic acid groups (broad SMARTS) is 1. The number of hydrogen-bond donors (Lipinski definition) is 1. The first-order valence-electron chi connectivity index (χ1n) is 6.17. The molecule has 0 atom stereocenters. The second kappa shape index (κ2) is 5.79. The fraction of sp³-hybridized carbons (Fsp3) is 0.538. The van der Waals surface area contributed by atoms with Gasteiger partial charge in [0.05, 0.1) is 0 Å². The Hall–Kier alpha value is -1.99. The van der Waals surface area contributed by atoms with Crippen LogP contribution in [0.4, 0.5) is 13.2 Å². The zero-order valence-electron chi connectivity index (χ0n) is 11.9. The summed E-state index contributed by atoms with van der Waals surface area (Å²) in [4.78, 5) is 24.3. The van der Waals surface area contributed by atoms with Crippen LogP contribution in [0.1, 0.15) is 31.3 Å². The molecule has 1 heterocycles. The van der Waals surface area contributed by atoms with E-state index >= 15 is 0 Å². The van der Waals surface area contributed by atoms with Gasteiger partial charge in [0.2, 0.25) is 0 Å². The van der Waals surface area contributed by atoms with Crippen molar-refractivity contribution < 1.29 is 27.9 Å². The molecule has 21 heavy (non-hydrogen) atoms. The molecular formula is C13H17F3N2O3. The first-order chi connectivity index (χ1) is 9.42. The Morgan fingerprint density at radius 3 is 2.29 bits per heavy atom. The minimum atomic E-state index is -4.46. The SMILES string of the molecule is CC(C)(C)N(CC(=O)O)C(=O)c1cccn1CC(F)(F)F. The number of alkyl halides is 3. The molecule has 1 aromatic rings. The van der Waals surface area contributed by atoms with Crippen molar-refractivity contribution in [2.75, 3.05) is 6.54 Å². The van der Waals surface area contributed by atoms with Crippen LogP contribution in [0.3, 0.4) is 0 Å². The Kier molecular flexibility index (Phi) is 4.70. The minimum absolute atomic E-state index is 0.191. The number of amides is 1. The standard InChI is InChI=1S/C13H17F3N2O3/c1-12(2,3)18(7-10(19)20)11(21)9-5-4-6-17(9)8-13(14,15)16/h4-6H,7-8H2,1-3H3,(H,19,20). The lowest BCUT2D eigenvalue weighted by Crippen LogP contribution is -2.48. The maximum absolute atomic E-state index is 12.5. The molecule has 0 radical (unpaired) electrons. The van der Waals surface area contributed by atoms with E-state index in [4.69, 9.17) is 5.11 Å². The van der Waals surface area contributed by atoms with Crippen LogP contribution >= 0.6 is 0 Å². The molecule has 0 bridgehead atoms. The molecule has 0 spiro atoms. The molecule has 0 fully saturated rings. The summed E-state index contributed by atoms with van der Waals surface area (Å²) in [5, 5.41) is 8.87. The highest BCUT2D eigenvalue weighted by atomic mass is 19.4. The van der Waals surface area contributed by atoms with Crippen LogP contribution < -0.4 is 0 Å². The summed E-state index contributed by atoms with van der Waals surface area (Å²) in [5.74, 6) is -1.98. The molecule has 1 N–H and O–H groups in total. The smallest absolute Gasteiger partial charge is 0.406 e. The highest BCUT2D eigenvalue weighted by molar-refractivity contribution is 5.95. The number of carbonyl (C=O) groups is 2. The number of rotatable bonds is 4. The van der Waals surface area contributed by atoms with E-state index in [1.165, 1.54) is 12.1 Å². The van der Waals surface area contributed by atoms with Crippen LogP contribution in [0.25, 0.3) is 0 Å². The molecule has 0 aliphatic carbocycles. The Morgan fingerprint density at radius 2 is 1.86 bits per heavy atom. The van der Waals surface area contributed by atoms with Crippen molar-refractivity contribution in [1.82, 2.24) is 9.47 Å². The summed E-state index contributed by atoms with van der Waals surface area (Å²) in [7, 11) is 0. The topological polar surface area (TPSA) is 62.5 Å². The van der Waals surface area contributed by atoms with E-state index in [9.17, 15) is 22.8 Å². The van der Waals surface area contributed by atoms with Crippen molar-refractivity contribution in [2.24, 2.45) is 0 Å². The van der Waals surface area contributed by atoms with Crippen molar-refractivity contribution in [2.45, 2.75) is 39.0 Å². The van der Waals surface area contributed by atoms with Gasteiger partial charge in [-0.25, -0.2) is 0 Å². The van der Waals surface area contributed by atoms with Crippen molar-refractivity contribution in [3.8, 4) is 0 Å². The van der Waals surface area contributed by atoms with E-state index in [1.807, 2.05) is 0 Å². The average molecular weight is 306 g/mol. The first-order valence-corrected chi connectivity index (χ1v) is 6.17. The van der Waals surface area contributed by atoms with Crippen molar-refractivity contribution in [3.05, 3.63) is 24.0 Å². The molecule has 118 valence electrons. The highest BCUT2D eigenvalue weighted by Crippen LogP contribution is 2.22. The normalized spacial score (nSPS) is 12.3. The predicted molar refractivity (Wildman–Crippen MR) is 68.9 cm³/mol. The van der Waals surface area contributed by atoms with Gasteiger partial charge in [-0.15, -0.1) is 0 Å². The van der Waals surface area contributed by atoms with Crippen molar-refractivity contribution >= 4 is 11.9 Å². The van der Waals surface area contributed by atoms with Crippen LogP contribution in [-0.2, 0) is 11.3 Å². The van der Waals surface area contributed by atoms with Gasteiger partial charge in [-0.1, -0.05) is 0 Å². The number of carbonyl (C=O) groups excluding carboxylic acids is 1. The van der Waals surface area contributed by atoms with Gasteiger partial charge in [-0.2, -0.15) is 13.2 Å². The van der Waals surface area contributed by atoms with E-state index < -0.39 is 36.7 Å². The van der Waals surface area contributed by atoms with E-state index in [1.54, 1.807) is 20.8 Å². The molecule has 0 aromatic carbocycles. The first kappa shape index (κ1) is 17.1. The Bertz CT molecular complexity index is 529. The summed E-state index contributed by atoms with van der Waals surface area (Å²) >= 11 is 0. The van der Waals surface area contributed by atoms with E-state index in [-0.39, 0.29) is 5.69 Å². The summed E-state index contributed by atoms with van der Waals surface area (Å²) < 4.78 is 38.2. The van der Waals surface area contributed by atoms with E-state index in [0.717, 1.165) is 15.7 Å². The van der Waals surface area contributed by atoms with E-state index in [0.29, 0.717) is 0 Å². The van der Waals surface area contributed by atoms with Gasteiger partial charge in [-0.3, -0.25) is 9.59 Å². The van der Waals surface area contributed by atoms with Gasteiger partial charge >= 0.3 is 12.1 Å². The lowest BCUT2D eigenvalue weighted by Gasteiger charge is -2.34. The number of carboxylic acids is 1. The molecule has 5 nitrogen and oxygen atoms in total. The lowest BCUT2D eigenvalue weighted by molar-refractivity contribution is -0.141. The van der Waals surface area contributed by atoms with Crippen LogP contribution in [0, 0.1) is 0 Å². The molecule has 1 amide bonds. The van der Waals surface area contributed by atoms with Crippen LogP contribution in [-0.4, -0.2) is 44.7 Å². The number of hydrogen-bond acceptors (Lipinski definition) is 2. The fourth-order valence-electron chi connectivity index (χ4n) is 1.83. The molecular weight excluding hydrogens is 289 g/mol. The van der Waals surface area contributed by atoms with E-state index in [2.05, 4.69) is 0 Å². The zero-order chi connectivity index (χ0) is 16.4. The van der Waals surface area contributed by atoms with Crippen molar-refractivity contribution in [3.63, 3.8) is 0 Å². The molecule has 0 aliphatic heterocycles. The summed E-state index contributed by atoms with van der Waals surface area (Å²) in [6, 6.07) is 2.56. The zero-order valence-corrected chi connectivity index (χ0v) is 11.9. The third kappa shape index (κ3) is 4.80. The van der Waals surface area contributed by atoms with Gasteiger partial charge in [0.1, 0.15) is 18.8 Å². The van der Waals surface area contributed by atoms with Gasteiger partial charge in [0.25, 0.3) is 5.91 Å². The maximum atomic E-state index is 12.5. The number of aliphatic carboxylic acids is 1. The second-order valence-electron chi connectivity index (χ2n) is 5.59. The second-order valence-corrected chi connectivity index (χ2v) is 5.59. The molecule has 0 saturated carbocycles. The summed E-state index contributed by atoms with van der Waals surface area (Å²) in [6.45, 7) is 2.96. The monoisotopic (exact) mass is 306 g/mol. The van der Waals surface area contributed by atoms with Crippen molar-refractivity contribution in [1.29, 1.82) is 0 Å². The maximum Gasteiger partial charge on any atom is 0.406 e. The Morgan fingerprint density at radius 1 is 1.29 bits per heavy atom. The number of nitrogens with zero attached hydrogens (tertiary/aromatic N) is 2. The average Bonchev–Trinajstić information content (AvgIpc) is 2.68. The fourth-order valence-corrected chi connectivity index (χ4v) is 1.83. The van der Waals surface area contributed by atoms with Crippen LogP contribution in [0.5, 0.6) is 0 Å². The summed E-state index contributed by atoms with van der Waals surface area (Å²) in [5.41, 5.74) is -1.02. The molecule has 0 saturated heterocycles. The molecule has 0 unspecified atom stereocenters. The van der Waals surface area contributed by atoms with Gasteiger partial charge in [-0.05, 0) is 32.9 Å². The third-order valence-electron chi connectivity index (χ3n) is 2.75. The molecule has 8 heteroatoms. The molecule has 1 rings (SSSR count). The van der Waals surface area contributed by atoms with Gasteiger partial charge in [0, 0.05) is 11.7 Å². The van der Waals surface area contributed by atoms with Crippen LogP contribution in [0.2, 0.25) is 0 Å². The predicted octanol–water partition coefficient (Wildman–Crippen LogP) is 2.38. The third-order valence-corrected chi connectivity index (χ3v) is 2.75. The number of aromatic nitrogens is 1. The van der Waals surface area contributed by atoms with Crippen LogP contribution in [0.15, 0.2) is 18.3 Å². The quantitative estimate of drug-likeness (QED) is 0.929. The Balaban J connectivity index is 3.11. The van der Waals surface area contributed by atoms with Gasteiger partial charge < -0.3 is 14.6 Å². The summed E-state index contributed by atoms with van der Waals surface area (Å²) in [6.07, 6.45) is -3.32. The highest BCUT2D eigenvalue weighted by Gasteiger charge is 2.33. The lowest BCUT2D eigenvalue weighted by atomic mass is 10.1. The van der Waals surface area contributed by atoms with Gasteiger partial charge in [0.15, 0.2) is 0 Å². The molecule has 0 aliphatic rings. The number of halogens is 3. The Labute approximate surface area is 120 Å². The minimum Gasteiger partial charge on any atom is -0.480 e.